The Labute approximate surface area is 125 Å². The minimum Gasteiger partial charge on any atom is -0.349 e. The Bertz CT molecular complexity index is 471. The van der Waals surface area contributed by atoms with Gasteiger partial charge in [0.05, 0.1) is 5.56 Å². The van der Waals surface area contributed by atoms with Gasteiger partial charge in [0, 0.05) is 15.0 Å². The summed E-state index contributed by atoms with van der Waals surface area (Å²) >= 11 is 6.83. The highest BCUT2D eigenvalue weighted by Gasteiger charge is 2.35. The summed E-state index contributed by atoms with van der Waals surface area (Å²) < 4.78 is 1.75. The lowest BCUT2D eigenvalue weighted by Crippen LogP contribution is -2.41. The van der Waals surface area contributed by atoms with E-state index in [9.17, 15) is 4.79 Å². The molecule has 1 aliphatic rings. The topological polar surface area (TPSA) is 29.1 Å². The summed E-state index contributed by atoms with van der Waals surface area (Å²) in [6.45, 7) is 4.45. The molecule has 2 nitrogen and oxygen atoms in total. The van der Waals surface area contributed by atoms with Gasteiger partial charge in [-0.1, -0.05) is 36.2 Å². The second-order valence-corrected chi connectivity index (χ2v) is 7.30. The maximum atomic E-state index is 12.3. The van der Waals surface area contributed by atoms with Crippen molar-refractivity contribution in [2.45, 2.75) is 39.2 Å². The SMILES string of the molecule is CC1(C)CCCC1NC(=O)c1cc(Br)ccc1Br. The molecule has 0 aromatic heterocycles. The zero-order valence-electron chi connectivity index (χ0n) is 10.6. The van der Waals surface area contributed by atoms with Crippen molar-refractivity contribution < 1.29 is 4.79 Å². The second kappa shape index (κ2) is 5.33. The van der Waals surface area contributed by atoms with E-state index in [1.807, 2.05) is 18.2 Å². The van der Waals surface area contributed by atoms with Gasteiger partial charge in [-0.2, -0.15) is 0 Å². The molecule has 1 aromatic rings. The molecule has 1 N–H and O–H groups in total. The highest BCUT2D eigenvalue weighted by molar-refractivity contribution is 9.11. The van der Waals surface area contributed by atoms with E-state index >= 15 is 0 Å². The molecule has 0 spiro atoms. The molecule has 0 aliphatic heterocycles. The fourth-order valence-electron chi connectivity index (χ4n) is 2.50. The number of benzene rings is 1. The Morgan fingerprint density at radius 2 is 2.11 bits per heavy atom. The van der Waals surface area contributed by atoms with Crippen molar-refractivity contribution in [2.75, 3.05) is 0 Å². The molecular weight excluding hydrogens is 358 g/mol. The molecule has 98 valence electrons. The summed E-state index contributed by atoms with van der Waals surface area (Å²) in [5, 5.41) is 3.16. The van der Waals surface area contributed by atoms with Crippen LogP contribution >= 0.6 is 31.9 Å². The van der Waals surface area contributed by atoms with Crippen LogP contribution in [0.4, 0.5) is 0 Å². The molecule has 0 saturated heterocycles. The molecule has 1 atom stereocenters. The van der Waals surface area contributed by atoms with E-state index in [1.165, 1.54) is 12.8 Å². The predicted octanol–water partition coefficient (Wildman–Crippen LogP) is 4.52. The van der Waals surface area contributed by atoms with Gasteiger partial charge in [0.2, 0.25) is 0 Å². The molecule has 2 rings (SSSR count). The lowest BCUT2D eigenvalue weighted by atomic mass is 9.87. The van der Waals surface area contributed by atoms with Gasteiger partial charge in [0.25, 0.3) is 5.91 Å². The van der Waals surface area contributed by atoms with E-state index in [0.29, 0.717) is 5.56 Å². The van der Waals surface area contributed by atoms with E-state index in [0.717, 1.165) is 15.4 Å². The Morgan fingerprint density at radius 1 is 1.39 bits per heavy atom. The van der Waals surface area contributed by atoms with Crippen molar-refractivity contribution in [3.63, 3.8) is 0 Å². The number of carbonyl (C=O) groups excluding carboxylic acids is 1. The fraction of sp³-hybridized carbons (Fsp3) is 0.500. The third-order valence-corrected chi connectivity index (χ3v) is 4.92. The molecule has 0 radical (unpaired) electrons. The van der Waals surface area contributed by atoms with Crippen LogP contribution in [0.2, 0.25) is 0 Å². The molecule has 1 amide bonds. The average molecular weight is 375 g/mol. The second-order valence-electron chi connectivity index (χ2n) is 5.53. The van der Waals surface area contributed by atoms with E-state index in [4.69, 9.17) is 0 Å². The average Bonchev–Trinajstić information content (AvgIpc) is 2.62. The summed E-state index contributed by atoms with van der Waals surface area (Å²) in [5.41, 5.74) is 0.890. The van der Waals surface area contributed by atoms with Crippen LogP contribution in [0, 0.1) is 5.41 Å². The Morgan fingerprint density at radius 3 is 2.72 bits per heavy atom. The first-order valence-electron chi connectivity index (χ1n) is 6.16. The Hall–Kier alpha value is -0.350. The van der Waals surface area contributed by atoms with Crippen LogP contribution in [0.3, 0.4) is 0 Å². The maximum Gasteiger partial charge on any atom is 0.252 e. The van der Waals surface area contributed by atoms with Crippen LogP contribution in [-0.2, 0) is 0 Å². The largest absolute Gasteiger partial charge is 0.349 e. The molecule has 1 aliphatic carbocycles. The van der Waals surface area contributed by atoms with Crippen molar-refractivity contribution in [1.29, 1.82) is 0 Å². The van der Waals surface area contributed by atoms with Crippen molar-refractivity contribution in [3.8, 4) is 0 Å². The van der Waals surface area contributed by atoms with Crippen LogP contribution < -0.4 is 5.32 Å². The highest BCUT2D eigenvalue weighted by Crippen LogP contribution is 2.37. The third kappa shape index (κ3) is 2.97. The van der Waals surface area contributed by atoms with Crippen molar-refractivity contribution in [3.05, 3.63) is 32.7 Å². The predicted molar refractivity (Wildman–Crippen MR) is 80.7 cm³/mol. The van der Waals surface area contributed by atoms with Crippen LogP contribution in [0.1, 0.15) is 43.5 Å². The lowest BCUT2D eigenvalue weighted by molar-refractivity contribution is 0.0909. The normalized spacial score (nSPS) is 21.9. The van der Waals surface area contributed by atoms with Crippen molar-refractivity contribution >= 4 is 37.8 Å². The van der Waals surface area contributed by atoms with E-state index < -0.39 is 0 Å². The molecule has 0 heterocycles. The van der Waals surface area contributed by atoms with Crippen LogP contribution in [0.25, 0.3) is 0 Å². The standard InChI is InChI=1S/C14H17Br2NO/c1-14(2)7-3-4-12(14)17-13(18)10-8-9(15)5-6-11(10)16/h5-6,8,12H,3-4,7H2,1-2H3,(H,17,18). The van der Waals surface area contributed by atoms with Gasteiger partial charge in [-0.3, -0.25) is 4.79 Å². The maximum absolute atomic E-state index is 12.3. The smallest absolute Gasteiger partial charge is 0.252 e. The monoisotopic (exact) mass is 373 g/mol. The lowest BCUT2D eigenvalue weighted by Gasteiger charge is -2.28. The van der Waals surface area contributed by atoms with E-state index in [1.54, 1.807) is 0 Å². The summed E-state index contributed by atoms with van der Waals surface area (Å²) in [6.07, 6.45) is 3.44. The first-order valence-corrected chi connectivity index (χ1v) is 7.75. The highest BCUT2D eigenvalue weighted by atomic mass is 79.9. The van der Waals surface area contributed by atoms with Crippen LogP contribution in [0.5, 0.6) is 0 Å². The van der Waals surface area contributed by atoms with Gasteiger partial charge in [0.1, 0.15) is 0 Å². The van der Waals surface area contributed by atoms with E-state index in [2.05, 4.69) is 51.0 Å². The first-order chi connectivity index (χ1) is 8.40. The minimum atomic E-state index is 0.00292. The van der Waals surface area contributed by atoms with Crippen LogP contribution in [0.15, 0.2) is 27.1 Å². The van der Waals surface area contributed by atoms with Gasteiger partial charge >= 0.3 is 0 Å². The molecular formula is C14H17Br2NO. The summed E-state index contributed by atoms with van der Waals surface area (Å²) in [4.78, 5) is 12.3. The number of hydrogen-bond acceptors (Lipinski definition) is 1. The van der Waals surface area contributed by atoms with Crippen molar-refractivity contribution in [2.24, 2.45) is 5.41 Å². The summed E-state index contributed by atoms with van der Waals surface area (Å²) in [7, 11) is 0. The molecule has 4 heteroatoms. The van der Waals surface area contributed by atoms with Crippen LogP contribution in [-0.4, -0.2) is 11.9 Å². The zero-order chi connectivity index (χ0) is 13.3. The number of halogens is 2. The Balaban J connectivity index is 2.15. The molecule has 1 fully saturated rings. The number of hydrogen-bond donors (Lipinski definition) is 1. The number of carbonyl (C=O) groups is 1. The zero-order valence-corrected chi connectivity index (χ0v) is 13.8. The minimum absolute atomic E-state index is 0.00292. The fourth-order valence-corrected chi connectivity index (χ4v) is 3.29. The quantitative estimate of drug-likeness (QED) is 0.809. The number of rotatable bonds is 2. The summed E-state index contributed by atoms with van der Waals surface area (Å²) in [5.74, 6) is 0.00292. The summed E-state index contributed by atoms with van der Waals surface area (Å²) in [6, 6.07) is 5.93. The molecule has 1 unspecified atom stereocenters. The van der Waals surface area contributed by atoms with E-state index in [-0.39, 0.29) is 17.4 Å². The van der Waals surface area contributed by atoms with Gasteiger partial charge in [-0.15, -0.1) is 0 Å². The first kappa shape index (κ1) is 14.1. The molecule has 18 heavy (non-hydrogen) atoms. The third-order valence-electron chi connectivity index (χ3n) is 3.74. The molecule has 1 saturated carbocycles. The van der Waals surface area contributed by atoms with Gasteiger partial charge in [-0.25, -0.2) is 0 Å². The van der Waals surface area contributed by atoms with Gasteiger partial charge in [-0.05, 0) is 52.4 Å². The number of amides is 1. The number of nitrogens with one attached hydrogen (secondary N) is 1. The van der Waals surface area contributed by atoms with Crippen molar-refractivity contribution in [1.82, 2.24) is 5.32 Å². The van der Waals surface area contributed by atoms with Gasteiger partial charge in [0.15, 0.2) is 0 Å². The molecule has 0 bridgehead atoms. The van der Waals surface area contributed by atoms with Gasteiger partial charge < -0.3 is 5.32 Å². The molecule has 1 aromatic carbocycles. The Kier molecular flexibility index (Phi) is 4.17.